The molecule has 0 spiro atoms. The van der Waals surface area contributed by atoms with Crippen molar-refractivity contribution in [3.63, 3.8) is 0 Å². The third kappa shape index (κ3) is 3.97. The minimum absolute atomic E-state index is 0.119. The highest BCUT2D eigenvalue weighted by atomic mass is 16.5. The van der Waals surface area contributed by atoms with E-state index in [9.17, 15) is 5.11 Å². The van der Waals surface area contributed by atoms with Crippen LogP contribution in [0.1, 0.15) is 31.7 Å². The van der Waals surface area contributed by atoms with Gasteiger partial charge in [0.1, 0.15) is 18.0 Å². The van der Waals surface area contributed by atoms with Gasteiger partial charge in [-0.2, -0.15) is 5.10 Å². The molecule has 3 rings (SSSR count). The number of benzene rings is 1. The van der Waals surface area contributed by atoms with Gasteiger partial charge >= 0.3 is 0 Å². The summed E-state index contributed by atoms with van der Waals surface area (Å²) in [5, 5.41) is 15.0. The molecule has 0 amide bonds. The van der Waals surface area contributed by atoms with Gasteiger partial charge in [-0.1, -0.05) is 25.1 Å². The zero-order chi connectivity index (χ0) is 16.9. The number of aromatic nitrogens is 2. The second kappa shape index (κ2) is 7.81. The van der Waals surface area contributed by atoms with Gasteiger partial charge in [0, 0.05) is 30.9 Å². The van der Waals surface area contributed by atoms with Crippen LogP contribution in [0, 0.1) is 0 Å². The minimum Gasteiger partial charge on any atom is -0.488 e. The van der Waals surface area contributed by atoms with E-state index in [1.807, 2.05) is 41.2 Å². The Morgan fingerprint density at radius 1 is 1.29 bits per heavy atom. The van der Waals surface area contributed by atoms with Gasteiger partial charge in [-0.05, 0) is 38.4 Å². The summed E-state index contributed by atoms with van der Waals surface area (Å²) in [4.78, 5) is 2.21. The van der Waals surface area contributed by atoms with E-state index in [1.165, 1.54) is 5.56 Å². The zero-order valence-electron chi connectivity index (χ0n) is 14.5. The average Bonchev–Trinajstić information content (AvgIpc) is 3.16. The normalized spacial score (nSPS) is 23.8. The molecule has 1 fully saturated rings. The highest BCUT2D eigenvalue weighted by molar-refractivity contribution is 5.21. The largest absolute Gasteiger partial charge is 0.488 e. The Kier molecular flexibility index (Phi) is 5.53. The summed E-state index contributed by atoms with van der Waals surface area (Å²) >= 11 is 0. The first-order valence-electron chi connectivity index (χ1n) is 8.78. The molecule has 0 radical (unpaired) electrons. The van der Waals surface area contributed by atoms with Gasteiger partial charge in [0.25, 0.3) is 0 Å². The number of aliphatic hydroxyl groups excluding tert-OH is 1. The van der Waals surface area contributed by atoms with Gasteiger partial charge in [0.2, 0.25) is 0 Å². The number of para-hydroxylation sites is 1. The molecule has 1 aromatic heterocycles. The minimum atomic E-state index is -0.471. The number of nitrogens with zero attached hydrogens (tertiary/aromatic N) is 3. The standard InChI is InChI=1S/C19H27N3O2/c1-3-11-22-14-15(12-20-22)13-21(2)17-9-10-18(19(17)23)24-16-7-5-4-6-8-16/h4-8,12,14,17-19,23H,3,9-11,13H2,1-2H3/t17-,18+,19+/m1/s1. The number of aryl methyl sites for hydroxylation is 1. The molecule has 0 unspecified atom stereocenters. The van der Waals surface area contributed by atoms with E-state index in [1.54, 1.807) is 0 Å². The van der Waals surface area contributed by atoms with Crippen LogP contribution in [0.3, 0.4) is 0 Å². The lowest BCUT2D eigenvalue weighted by Gasteiger charge is -2.28. The van der Waals surface area contributed by atoms with Crippen LogP contribution in [0.25, 0.3) is 0 Å². The van der Waals surface area contributed by atoms with Crippen LogP contribution >= 0.6 is 0 Å². The van der Waals surface area contributed by atoms with Gasteiger partial charge in [-0.25, -0.2) is 0 Å². The first-order chi connectivity index (χ1) is 11.7. The van der Waals surface area contributed by atoms with Crippen LogP contribution in [0.15, 0.2) is 42.7 Å². The van der Waals surface area contributed by atoms with Crippen molar-refractivity contribution in [3.05, 3.63) is 48.3 Å². The lowest BCUT2D eigenvalue weighted by Crippen LogP contribution is -2.42. The molecule has 130 valence electrons. The highest BCUT2D eigenvalue weighted by Gasteiger charge is 2.38. The fourth-order valence-corrected chi connectivity index (χ4v) is 3.45. The number of ether oxygens (including phenoxy) is 1. The molecular formula is C19H27N3O2. The van der Waals surface area contributed by atoms with Crippen LogP contribution in [-0.4, -0.2) is 45.1 Å². The summed E-state index contributed by atoms with van der Waals surface area (Å²) in [5.74, 6) is 0.825. The summed E-state index contributed by atoms with van der Waals surface area (Å²) in [6.07, 6.45) is 6.31. The summed E-state index contributed by atoms with van der Waals surface area (Å²) in [6, 6.07) is 9.86. The SMILES string of the molecule is CCCn1cc(CN(C)[C@@H]2CC[C@H](Oc3ccccc3)[C@H]2O)cn1. The molecule has 1 heterocycles. The molecule has 1 aliphatic carbocycles. The fourth-order valence-electron chi connectivity index (χ4n) is 3.45. The Balaban J connectivity index is 1.56. The van der Waals surface area contributed by atoms with E-state index in [2.05, 4.69) is 30.2 Å². The lowest BCUT2D eigenvalue weighted by molar-refractivity contribution is 0.0152. The maximum Gasteiger partial charge on any atom is 0.126 e. The molecule has 0 bridgehead atoms. The second-order valence-electron chi connectivity index (χ2n) is 6.63. The summed E-state index contributed by atoms with van der Waals surface area (Å²) in [5.41, 5.74) is 1.19. The Hall–Kier alpha value is -1.85. The van der Waals surface area contributed by atoms with Gasteiger partial charge < -0.3 is 9.84 Å². The number of hydrogen-bond donors (Lipinski definition) is 1. The molecule has 1 N–H and O–H groups in total. The molecule has 1 aromatic carbocycles. The average molecular weight is 329 g/mol. The van der Waals surface area contributed by atoms with E-state index in [-0.39, 0.29) is 12.1 Å². The molecule has 2 aromatic rings. The van der Waals surface area contributed by atoms with Gasteiger partial charge in [0.15, 0.2) is 0 Å². The predicted octanol–water partition coefficient (Wildman–Crippen LogP) is 2.70. The smallest absolute Gasteiger partial charge is 0.126 e. The monoisotopic (exact) mass is 329 g/mol. The summed E-state index contributed by atoms with van der Waals surface area (Å²) < 4.78 is 7.94. The zero-order valence-corrected chi connectivity index (χ0v) is 14.5. The van der Waals surface area contributed by atoms with Gasteiger partial charge in [-0.15, -0.1) is 0 Å². The van der Waals surface area contributed by atoms with Gasteiger partial charge in [-0.3, -0.25) is 9.58 Å². The Morgan fingerprint density at radius 3 is 2.83 bits per heavy atom. The van der Waals surface area contributed by atoms with Crippen LogP contribution < -0.4 is 4.74 Å². The highest BCUT2D eigenvalue weighted by Crippen LogP contribution is 2.28. The van der Waals surface area contributed by atoms with Crippen molar-refractivity contribution in [1.29, 1.82) is 0 Å². The maximum atomic E-state index is 10.7. The van der Waals surface area contributed by atoms with Crippen molar-refractivity contribution in [2.45, 2.75) is 57.5 Å². The molecule has 0 aliphatic heterocycles. The van der Waals surface area contributed by atoms with Crippen molar-refractivity contribution >= 4 is 0 Å². The van der Waals surface area contributed by atoms with Crippen LogP contribution in [0.5, 0.6) is 5.75 Å². The van der Waals surface area contributed by atoms with E-state index < -0.39 is 6.10 Å². The van der Waals surface area contributed by atoms with E-state index >= 15 is 0 Å². The van der Waals surface area contributed by atoms with E-state index in [0.29, 0.717) is 0 Å². The topological polar surface area (TPSA) is 50.5 Å². The van der Waals surface area contributed by atoms with E-state index in [4.69, 9.17) is 4.74 Å². The van der Waals surface area contributed by atoms with Crippen molar-refractivity contribution in [3.8, 4) is 5.75 Å². The lowest BCUT2D eigenvalue weighted by atomic mass is 10.1. The first-order valence-corrected chi connectivity index (χ1v) is 8.78. The number of likely N-dealkylation sites (N-methyl/N-ethyl adjacent to an activating group) is 1. The molecule has 24 heavy (non-hydrogen) atoms. The molecule has 3 atom stereocenters. The first kappa shape index (κ1) is 17.0. The third-order valence-electron chi connectivity index (χ3n) is 4.69. The predicted molar refractivity (Wildman–Crippen MR) is 93.9 cm³/mol. The molecule has 1 aliphatic rings. The maximum absolute atomic E-state index is 10.7. The third-order valence-corrected chi connectivity index (χ3v) is 4.69. The Bertz CT molecular complexity index is 629. The Morgan fingerprint density at radius 2 is 2.08 bits per heavy atom. The molecule has 0 saturated heterocycles. The van der Waals surface area contributed by atoms with Crippen molar-refractivity contribution < 1.29 is 9.84 Å². The van der Waals surface area contributed by atoms with Gasteiger partial charge in [0.05, 0.1) is 6.20 Å². The number of hydrogen-bond acceptors (Lipinski definition) is 4. The van der Waals surface area contributed by atoms with Crippen LogP contribution in [-0.2, 0) is 13.1 Å². The van der Waals surface area contributed by atoms with Crippen molar-refractivity contribution in [2.24, 2.45) is 0 Å². The molecule has 1 saturated carbocycles. The number of rotatable bonds is 7. The molecule has 5 heteroatoms. The quantitative estimate of drug-likeness (QED) is 0.848. The molecule has 5 nitrogen and oxygen atoms in total. The fraction of sp³-hybridized carbons (Fsp3) is 0.526. The van der Waals surface area contributed by atoms with E-state index in [0.717, 1.165) is 38.1 Å². The van der Waals surface area contributed by atoms with Crippen LogP contribution in [0.4, 0.5) is 0 Å². The molecular weight excluding hydrogens is 302 g/mol. The van der Waals surface area contributed by atoms with Crippen molar-refractivity contribution in [1.82, 2.24) is 14.7 Å². The van der Waals surface area contributed by atoms with Crippen molar-refractivity contribution in [2.75, 3.05) is 7.05 Å². The summed E-state index contributed by atoms with van der Waals surface area (Å²) in [6.45, 7) is 3.89. The Labute approximate surface area is 143 Å². The number of aliphatic hydroxyl groups is 1. The second-order valence-corrected chi connectivity index (χ2v) is 6.63. The van der Waals surface area contributed by atoms with Crippen LogP contribution in [0.2, 0.25) is 0 Å². The summed E-state index contributed by atoms with van der Waals surface area (Å²) in [7, 11) is 2.07.